The van der Waals surface area contributed by atoms with Gasteiger partial charge in [-0.2, -0.15) is 0 Å². The normalized spacial score (nSPS) is 12.2. The average Bonchev–Trinajstić information content (AvgIpc) is 3.11. The van der Waals surface area contributed by atoms with Crippen molar-refractivity contribution in [3.63, 3.8) is 0 Å². The molecule has 0 bridgehead atoms. The van der Waals surface area contributed by atoms with Crippen molar-refractivity contribution in [2.45, 2.75) is 12.3 Å². The van der Waals surface area contributed by atoms with Gasteiger partial charge in [-0.1, -0.05) is 72.3 Å². The predicted octanol–water partition coefficient (Wildman–Crippen LogP) is 6.23. The lowest BCUT2D eigenvalue weighted by atomic mass is 9.89. The Morgan fingerprint density at radius 1 is 0.885 bits per heavy atom. The Hall–Kier alpha value is -2.84. The SMILES string of the molecule is O=C(CC(c1ccc(Cl)cc1)c1cc2ccccc2[nH]1)c1ccccc1. The number of halogens is 1. The van der Waals surface area contributed by atoms with E-state index in [0.717, 1.165) is 27.7 Å². The highest BCUT2D eigenvalue weighted by Gasteiger charge is 2.21. The zero-order chi connectivity index (χ0) is 17.9. The minimum absolute atomic E-state index is 0.0487. The molecule has 0 fully saturated rings. The van der Waals surface area contributed by atoms with E-state index in [9.17, 15) is 4.79 Å². The van der Waals surface area contributed by atoms with Crippen LogP contribution in [0.5, 0.6) is 0 Å². The van der Waals surface area contributed by atoms with E-state index < -0.39 is 0 Å². The van der Waals surface area contributed by atoms with Gasteiger partial charge in [-0.25, -0.2) is 0 Å². The van der Waals surface area contributed by atoms with Gasteiger partial charge < -0.3 is 4.98 Å². The molecule has 0 aliphatic heterocycles. The number of H-pyrrole nitrogens is 1. The van der Waals surface area contributed by atoms with Crippen LogP contribution in [-0.2, 0) is 0 Å². The molecule has 3 aromatic carbocycles. The molecule has 1 aromatic heterocycles. The highest BCUT2D eigenvalue weighted by molar-refractivity contribution is 6.30. The highest BCUT2D eigenvalue weighted by Crippen LogP contribution is 2.32. The Morgan fingerprint density at radius 3 is 2.31 bits per heavy atom. The van der Waals surface area contributed by atoms with E-state index in [1.54, 1.807) is 0 Å². The number of Topliss-reactive ketones (excluding diaryl/α,β-unsaturated/α-hetero) is 1. The molecular weight excluding hydrogens is 342 g/mol. The molecule has 1 unspecified atom stereocenters. The standard InChI is InChI=1S/C23H18ClNO/c24-19-12-10-16(11-13-19)20(15-23(26)17-6-2-1-3-7-17)22-14-18-8-4-5-9-21(18)25-22/h1-14,20,25H,15H2. The van der Waals surface area contributed by atoms with Crippen LogP contribution in [0.2, 0.25) is 5.02 Å². The lowest BCUT2D eigenvalue weighted by Crippen LogP contribution is -2.09. The number of aromatic amines is 1. The van der Waals surface area contributed by atoms with Crippen LogP contribution in [0.1, 0.15) is 34.0 Å². The topological polar surface area (TPSA) is 32.9 Å². The predicted molar refractivity (Wildman–Crippen MR) is 107 cm³/mol. The van der Waals surface area contributed by atoms with E-state index in [-0.39, 0.29) is 11.7 Å². The van der Waals surface area contributed by atoms with Gasteiger partial charge in [0, 0.05) is 34.1 Å². The molecule has 1 atom stereocenters. The maximum Gasteiger partial charge on any atom is 0.163 e. The summed E-state index contributed by atoms with van der Waals surface area (Å²) in [5, 5.41) is 1.84. The van der Waals surface area contributed by atoms with Crippen LogP contribution in [-0.4, -0.2) is 10.8 Å². The van der Waals surface area contributed by atoms with Crippen molar-refractivity contribution < 1.29 is 4.79 Å². The van der Waals surface area contributed by atoms with Crippen molar-refractivity contribution in [1.29, 1.82) is 0 Å². The van der Waals surface area contributed by atoms with Crippen LogP contribution >= 0.6 is 11.6 Å². The summed E-state index contributed by atoms with van der Waals surface area (Å²) in [6.07, 6.45) is 0.401. The quantitative estimate of drug-likeness (QED) is 0.421. The molecule has 4 aromatic rings. The summed E-state index contributed by atoms with van der Waals surface area (Å²) in [4.78, 5) is 16.3. The molecule has 4 rings (SSSR count). The lowest BCUT2D eigenvalue weighted by molar-refractivity contribution is 0.0977. The fourth-order valence-corrected chi connectivity index (χ4v) is 3.44. The molecule has 0 amide bonds. The number of fused-ring (bicyclic) bond motifs is 1. The minimum Gasteiger partial charge on any atom is -0.358 e. The zero-order valence-electron chi connectivity index (χ0n) is 14.2. The van der Waals surface area contributed by atoms with Gasteiger partial charge in [0.25, 0.3) is 0 Å². The first kappa shape index (κ1) is 16.6. The number of hydrogen-bond donors (Lipinski definition) is 1. The molecule has 2 nitrogen and oxygen atoms in total. The summed E-state index contributed by atoms with van der Waals surface area (Å²) in [6.45, 7) is 0. The van der Waals surface area contributed by atoms with Crippen LogP contribution in [0.25, 0.3) is 10.9 Å². The third-order valence-electron chi connectivity index (χ3n) is 4.68. The van der Waals surface area contributed by atoms with Crippen molar-refractivity contribution in [2.75, 3.05) is 0 Å². The first-order chi connectivity index (χ1) is 12.7. The van der Waals surface area contributed by atoms with Crippen molar-refractivity contribution >= 4 is 28.3 Å². The van der Waals surface area contributed by atoms with E-state index in [4.69, 9.17) is 11.6 Å². The lowest BCUT2D eigenvalue weighted by Gasteiger charge is -2.16. The number of carbonyl (C=O) groups excluding carboxylic acids is 1. The smallest absolute Gasteiger partial charge is 0.163 e. The van der Waals surface area contributed by atoms with Crippen LogP contribution in [0.4, 0.5) is 0 Å². The van der Waals surface area contributed by atoms with Gasteiger partial charge in [-0.3, -0.25) is 4.79 Å². The Kier molecular flexibility index (Phi) is 4.59. The summed E-state index contributed by atoms with van der Waals surface area (Å²) in [5.41, 5.74) is 3.93. The van der Waals surface area contributed by atoms with Crippen LogP contribution < -0.4 is 0 Å². The van der Waals surface area contributed by atoms with Gasteiger partial charge in [0.2, 0.25) is 0 Å². The zero-order valence-corrected chi connectivity index (χ0v) is 14.9. The number of aromatic nitrogens is 1. The summed E-state index contributed by atoms with van der Waals surface area (Å²) in [6, 6.07) is 27.5. The molecular formula is C23H18ClNO. The Morgan fingerprint density at radius 2 is 1.58 bits per heavy atom. The third-order valence-corrected chi connectivity index (χ3v) is 4.94. The van der Waals surface area contributed by atoms with Gasteiger partial charge in [0.1, 0.15) is 0 Å². The number of ketones is 1. The van der Waals surface area contributed by atoms with Crippen molar-refractivity contribution in [3.8, 4) is 0 Å². The summed E-state index contributed by atoms with van der Waals surface area (Å²) in [5.74, 6) is 0.0802. The third kappa shape index (κ3) is 3.42. The summed E-state index contributed by atoms with van der Waals surface area (Å²) in [7, 11) is 0. The monoisotopic (exact) mass is 359 g/mol. The van der Waals surface area contributed by atoms with Gasteiger partial charge in [0.05, 0.1) is 0 Å². The molecule has 0 saturated carbocycles. The van der Waals surface area contributed by atoms with Gasteiger partial charge in [0.15, 0.2) is 5.78 Å². The number of nitrogens with one attached hydrogen (secondary N) is 1. The van der Waals surface area contributed by atoms with Gasteiger partial charge in [-0.15, -0.1) is 0 Å². The van der Waals surface area contributed by atoms with E-state index in [1.165, 1.54) is 0 Å². The first-order valence-electron chi connectivity index (χ1n) is 8.62. The van der Waals surface area contributed by atoms with Gasteiger partial charge >= 0.3 is 0 Å². The fraction of sp³-hybridized carbons (Fsp3) is 0.0870. The molecule has 1 N–H and O–H groups in total. The Labute approximate surface area is 157 Å². The molecule has 0 aliphatic carbocycles. The maximum atomic E-state index is 12.8. The average molecular weight is 360 g/mol. The van der Waals surface area contributed by atoms with Gasteiger partial charge in [-0.05, 0) is 35.2 Å². The molecule has 0 spiro atoms. The van der Waals surface area contributed by atoms with Crippen LogP contribution in [0.15, 0.2) is 84.9 Å². The number of benzene rings is 3. The Bertz CT molecular complexity index is 1000. The molecule has 26 heavy (non-hydrogen) atoms. The Balaban J connectivity index is 1.74. The minimum atomic E-state index is -0.0487. The van der Waals surface area contributed by atoms with Crippen LogP contribution in [0.3, 0.4) is 0 Å². The highest BCUT2D eigenvalue weighted by atomic mass is 35.5. The summed E-state index contributed by atoms with van der Waals surface area (Å²) >= 11 is 6.05. The second-order valence-electron chi connectivity index (χ2n) is 6.41. The van der Waals surface area contributed by atoms with Crippen molar-refractivity contribution in [3.05, 3.63) is 107 Å². The number of rotatable bonds is 5. The molecule has 3 heteroatoms. The maximum absolute atomic E-state index is 12.8. The first-order valence-corrected chi connectivity index (χ1v) is 9.00. The second kappa shape index (κ2) is 7.19. The second-order valence-corrected chi connectivity index (χ2v) is 6.85. The fourth-order valence-electron chi connectivity index (χ4n) is 3.31. The number of para-hydroxylation sites is 1. The largest absolute Gasteiger partial charge is 0.358 e. The van der Waals surface area contributed by atoms with E-state index in [0.29, 0.717) is 11.4 Å². The summed E-state index contributed by atoms with van der Waals surface area (Å²) < 4.78 is 0. The number of carbonyl (C=O) groups is 1. The van der Waals surface area contributed by atoms with E-state index >= 15 is 0 Å². The van der Waals surface area contributed by atoms with Crippen molar-refractivity contribution in [2.24, 2.45) is 0 Å². The molecule has 1 heterocycles. The molecule has 0 radical (unpaired) electrons. The molecule has 0 aliphatic rings. The van der Waals surface area contributed by atoms with E-state index in [2.05, 4.69) is 23.2 Å². The molecule has 0 saturated heterocycles. The van der Waals surface area contributed by atoms with Crippen molar-refractivity contribution in [1.82, 2.24) is 4.98 Å². The van der Waals surface area contributed by atoms with Crippen LogP contribution in [0, 0.1) is 0 Å². The number of hydrogen-bond acceptors (Lipinski definition) is 1. The van der Waals surface area contributed by atoms with E-state index in [1.807, 2.05) is 66.7 Å². The molecule has 128 valence electrons.